The van der Waals surface area contributed by atoms with E-state index < -0.39 is 0 Å². The van der Waals surface area contributed by atoms with E-state index >= 15 is 0 Å². The summed E-state index contributed by atoms with van der Waals surface area (Å²) in [5.41, 5.74) is 2.81. The minimum atomic E-state index is -0.331. The van der Waals surface area contributed by atoms with Gasteiger partial charge >= 0.3 is 0 Å². The van der Waals surface area contributed by atoms with Gasteiger partial charge in [0.2, 0.25) is 0 Å². The fourth-order valence-electron chi connectivity index (χ4n) is 3.75. The van der Waals surface area contributed by atoms with Gasteiger partial charge in [0.1, 0.15) is 30.5 Å². The zero-order valence-electron chi connectivity index (χ0n) is 18.0. The number of hydrogen-bond donors (Lipinski definition) is 0. The molecule has 2 aliphatic rings. The molecule has 32 heavy (non-hydrogen) atoms. The molecule has 0 atom stereocenters. The maximum Gasteiger partial charge on any atom is 0.253 e. The molecule has 0 saturated carbocycles. The van der Waals surface area contributed by atoms with Crippen LogP contribution in [0.1, 0.15) is 51.7 Å². The van der Waals surface area contributed by atoms with Gasteiger partial charge in [-0.05, 0) is 48.7 Å². The van der Waals surface area contributed by atoms with Crippen LogP contribution in [0.4, 0.5) is 4.39 Å². The first-order valence-electron chi connectivity index (χ1n) is 10.7. The maximum atomic E-state index is 13.5. The van der Waals surface area contributed by atoms with Gasteiger partial charge in [-0.2, -0.15) is 5.26 Å². The predicted molar refractivity (Wildman–Crippen MR) is 124 cm³/mol. The molecule has 4 rings (SSSR count). The average molecular weight is 439 g/mol. The fraction of sp³-hybridized carbons (Fsp3) is 0.385. The van der Waals surface area contributed by atoms with Crippen LogP contribution in [0.25, 0.3) is 5.57 Å². The summed E-state index contributed by atoms with van der Waals surface area (Å²) in [6, 6.07) is 13.6. The number of amides is 1. The highest BCUT2D eigenvalue weighted by atomic mass is 19.1. The lowest BCUT2D eigenvalue weighted by Crippen LogP contribution is -2.33. The highest BCUT2D eigenvalue weighted by Crippen LogP contribution is 2.40. The van der Waals surface area contributed by atoms with Crippen LogP contribution in [0.15, 0.2) is 48.0 Å². The van der Waals surface area contributed by atoms with Crippen molar-refractivity contribution in [2.45, 2.75) is 40.5 Å². The Kier molecular flexibility index (Phi) is 9.27. The molecule has 6 heteroatoms. The molecule has 0 aliphatic carbocycles. The zero-order valence-corrected chi connectivity index (χ0v) is 18.0. The van der Waals surface area contributed by atoms with Crippen molar-refractivity contribution in [2.24, 2.45) is 0 Å². The molecule has 0 bridgehead atoms. The van der Waals surface area contributed by atoms with E-state index in [9.17, 15) is 9.18 Å². The number of likely N-dealkylation sites (tertiary alicyclic amines) is 1. The Bertz CT molecular complexity index is 987. The Morgan fingerprint density at radius 3 is 2.50 bits per heavy atom. The van der Waals surface area contributed by atoms with Crippen molar-refractivity contribution in [3.63, 3.8) is 0 Å². The van der Waals surface area contributed by atoms with Gasteiger partial charge in [0, 0.05) is 24.2 Å². The van der Waals surface area contributed by atoms with Crippen LogP contribution in [-0.4, -0.2) is 37.1 Å². The second-order valence-corrected chi connectivity index (χ2v) is 7.06. The summed E-state index contributed by atoms with van der Waals surface area (Å²) < 4.78 is 25.1. The lowest BCUT2D eigenvalue weighted by atomic mass is 9.90. The SMILES string of the molecule is C.CC.N#CCCOc1ccc2c(c1)C(c1ccc(F)cc1)=C(C(=O)N1CCCC1)CO2. The molecule has 1 amide bonds. The highest BCUT2D eigenvalue weighted by Gasteiger charge is 2.30. The Morgan fingerprint density at radius 2 is 1.84 bits per heavy atom. The van der Waals surface area contributed by atoms with E-state index in [-0.39, 0.29) is 38.8 Å². The van der Waals surface area contributed by atoms with E-state index in [4.69, 9.17) is 14.7 Å². The molecule has 2 heterocycles. The number of benzene rings is 2. The standard InChI is InChI=1S/C23H21FN2O3.C2H6.CH4/c24-17-6-4-16(5-7-17)22-19-14-18(28-13-3-10-25)8-9-21(19)29-15-20(22)23(27)26-11-1-2-12-26;1-2;/h4-9,14H,1-3,11-13,15H2;1-2H3;1H4. The predicted octanol–water partition coefficient (Wildman–Crippen LogP) is 5.60. The zero-order chi connectivity index (χ0) is 22.2. The number of nitrogens with zero attached hydrogens (tertiary/aromatic N) is 2. The fourth-order valence-corrected chi connectivity index (χ4v) is 3.75. The van der Waals surface area contributed by atoms with Crippen LogP contribution in [0.3, 0.4) is 0 Å². The average Bonchev–Trinajstić information content (AvgIpc) is 3.35. The van der Waals surface area contributed by atoms with Crippen molar-refractivity contribution >= 4 is 11.5 Å². The van der Waals surface area contributed by atoms with E-state index in [2.05, 4.69) is 0 Å². The van der Waals surface area contributed by atoms with Gasteiger partial charge in [-0.3, -0.25) is 4.79 Å². The summed E-state index contributed by atoms with van der Waals surface area (Å²) in [4.78, 5) is 15.1. The van der Waals surface area contributed by atoms with Gasteiger partial charge in [0.05, 0.1) is 18.1 Å². The van der Waals surface area contributed by atoms with Crippen LogP contribution in [0, 0.1) is 17.1 Å². The molecule has 2 aromatic carbocycles. The molecule has 1 saturated heterocycles. The third-order valence-electron chi connectivity index (χ3n) is 5.16. The minimum absolute atomic E-state index is 0. The molecular formula is C26H31FN2O3. The van der Waals surface area contributed by atoms with E-state index in [1.54, 1.807) is 24.3 Å². The number of fused-ring (bicyclic) bond motifs is 1. The first-order chi connectivity index (χ1) is 15.2. The van der Waals surface area contributed by atoms with E-state index in [1.165, 1.54) is 12.1 Å². The van der Waals surface area contributed by atoms with E-state index in [1.807, 2.05) is 30.9 Å². The van der Waals surface area contributed by atoms with Gasteiger partial charge in [0.15, 0.2) is 0 Å². The maximum absolute atomic E-state index is 13.5. The van der Waals surface area contributed by atoms with Gasteiger partial charge in [-0.15, -0.1) is 0 Å². The molecule has 0 radical (unpaired) electrons. The molecule has 0 unspecified atom stereocenters. The van der Waals surface area contributed by atoms with Crippen molar-refractivity contribution in [2.75, 3.05) is 26.3 Å². The summed E-state index contributed by atoms with van der Waals surface area (Å²) in [6.45, 7) is 5.93. The van der Waals surface area contributed by atoms with Gasteiger partial charge < -0.3 is 14.4 Å². The number of hydrogen-bond acceptors (Lipinski definition) is 4. The lowest BCUT2D eigenvalue weighted by Gasteiger charge is -2.27. The van der Waals surface area contributed by atoms with Crippen LogP contribution in [0.2, 0.25) is 0 Å². The summed E-state index contributed by atoms with van der Waals surface area (Å²) >= 11 is 0. The Balaban J connectivity index is 0.00000118. The van der Waals surface area contributed by atoms with Crippen molar-refractivity contribution < 1.29 is 18.7 Å². The molecule has 0 spiro atoms. The van der Waals surface area contributed by atoms with E-state index in [0.29, 0.717) is 17.1 Å². The van der Waals surface area contributed by atoms with Gasteiger partial charge in [-0.1, -0.05) is 33.4 Å². The minimum Gasteiger partial charge on any atom is -0.492 e. The summed E-state index contributed by atoms with van der Waals surface area (Å²) in [6.07, 6.45) is 2.28. The number of ether oxygens (including phenoxy) is 2. The van der Waals surface area contributed by atoms with Crippen molar-refractivity contribution in [1.82, 2.24) is 4.90 Å². The third kappa shape index (κ3) is 5.47. The smallest absolute Gasteiger partial charge is 0.253 e. The first-order valence-corrected chi connectivity index (χ1v) is 10.7. The topological polar surface area (TPSA) is 62.6 Å². The molecule has 2 aliphatic heterocycles. The molecule has 5 nitrogen and oxygen atoms in total. The quantitative estimate of drug-likeness (QED) is 0.570. The largest absolute Gasteiger partial charge is 0.492 e. The molecule has 2 aromatic rings. The van der Waals surface area contributed by atoms with Gasteiger partial charge in [-0.25, -0.2) is 4.39 Å². The monoisotopic (exact) mass is 438 g/mol. The number of carbonyl (C=O) groups excluding carboxylic acids is 1. The molecule has 0 N–H and O–H groups in total. The van der Waals surface area contributed by atoms with Crippen molar-refractivity contribution in [3.05, 3.63) is 65.0 Å². The number of nitriles is 1. The highest BCUT2D eigenvalue weighted by molar-refractivity contribution is 6.06. The van der Waals surface area contributed by atoms with Gasteiger partial charge in [0.25, 0.3) is 5.91 Å². The lowest BCUT2D eigenvalue weighted by molar-refractivity contribution is -0.126. The molecular weight excluding hydrogens is 407 g/mol. The second-order valence-electron chi connectivity index (χ2n) is 7.06. The van der Waals surface area contributed by atoms with Crippen LogP contribution >= 0.6 is 0 Å². The molecule has 0 aromatic heterocycles. The van der Waals surface area contributed by atoms with Crippen LogP contribution in [0.5, 0.6) is 11.5 Å². The number of carbonyl (C=O) groups is 1. The first kappa shape index (κ1) is 24.9. The Labute approximate surface area is 190 Å². The van der Waals surface area contributed by atoms with Crippen molar-refractivity contribution in [1.29, 1.82) is 5.26 Å². The normalized spacial score (nSPS) is 14.2. The summed E-state index contributed by atoms with van der Waals surface area (Å²) in [7, 11) is 0. The number of rotatable bonds is 5. The Hall–Kier alpha value is -3.33. The van der Waals surface area contributed by atoms with Crippen LogP contribution in [-0.2, 0) is 4.79 Å². The van der Waals surface area contributed by atoms with Crippen molar-refractivity contribution in [3.8, 4) is 17.6 Å². The number of halogens is 1. The Morgan fingerprint density at radius 1 is 1.16 bits per heavy atom. The molecule has 170 valence electrons. The molecule has 1 fully saturated rings. The van der Waals surface area contributed by atoms with Crippen LogP contribution < -0.4 is 9.47 Å². The summed E-state index contributed by atoms with van der Waals surface area (Å²) in [5.74, 6) is 0.873. The third-order valence-corrected chi connectivity index (χ3v) is 5.16. The second kappa shape index (κ2) is 11.9. The summed E-state index contributed by atoms with van der Waals surface area (Å²) in [5, 5.41) is 8.72. The van der Waals surface area contributed by atoms with E-state index in [0.717, 1.165) is 42.6 Å².